The Balaban J connectivity index is 0.00000131. The molecule has 0 aliphatic heterocycles. The molecule has 0 saturated carbocycles. The van der Waals surface area contributed by atoms with E-state index in [2.05, 4.69) is 55.5 Å². The predicted octanol–water partition coefficient (Wildman–Crippen LogP) is 1.12. The molecule has 3 aromatic rings. The smallest absolute Gasteiger partial charge is 1.00 e. The number of rotatable bonds is 2. The second kappa shape index (κ2) is 9.29. The van der Waals surface area contributed by atoms with E-state index in [9.17, 15) is 0 Å². The molecule has 0 aromatic heterocycles. The first kappa shape index (κ1) is 22.7. The van der Waals surface area contributed by atoms with E-state index in [-0.39, 0.29) is 24.8 Å². The first-order valence-corrected chi connectivity index (χ1v) is 10.3. The van der Waals surface area contributed by atoms with E-state index in [1.807, 2.05) is 12.1 Å². The summed E-state index contributed by atoms with van der Waals surface area (Å²) in [6.45, 7) is 2.18. The van der Waals surface area contributed by atoms with Crippen molar-refractivity contribution in [3.8, 4) is 11.1 Å². The van der Waals surface area contributed by atoms with Gasteiger partial charge in [-0.15, -0.1) is 0 Å². The first-order chi connectivity index (χ1) is 12.0. The summed E-state index contributed by atoms with van der Waals surface area (Å²) < 4.78 is 0.507. The Labute approximate surface area is 197 Å². The van der Waals surface area contributed by atoms with Gasteiger partial charge in [0.05, 0.1) is 0 Å². The average Bonchev–Trinajstić information content (AvgIpc) is 2.92. The van der Waals surface area contributed by atoms with Gasteiger partial charge in [-0.3, -0.25) is 0 Å². The fourth-order valence-corrected chi connectivity index (χ4v) is 5.19. The van der Waals surface area contributed by atoms with Crippen LogP contribution in [0.25, 0.3) is 22.8 Å². The average molecular weight is 512 g/mol. The quantitative estimate of drug-likeness (QED) is 0.483. The van der Waals surface area contributed by atoms with Crippen LogP contribution in [0.2, 0.25) is 10.0 Å². The van der Waals surface area contributed by atoms with Crippen molar-refractivity contribution in [2.75, 3.05) is 0 Å². The van der Waals surface area contributed by atoms with Crippen LogP contribution >= 0.6 is 23.2 Å². The molecule has 0 heterocycles. The van der Waals surface area contributed by atoms with Crippen molar-refractivity contribution >= 4 is 34.9 Å². The van der Waals surface area contributed by atoms with E-state index >= 15 is 0 Å². The normalized spacial score (nSPS) is 14.7. The third kappa shape index (κ3) is 4.39. The standard InChI is InChI=1S/C22H15Cl2.2ClH.Zr/c1-14-10-17(21-9-7-19(23)13-22(21)24)6-8-20(14)18-11-15-4-2-3-5-16(15)12-18;;;/h2-13H,1H3;2*1H;/q;;;+2/p-2. The maximum Gasteiger partial charge on any atom is -1.00 e. The SMILES string of the molecule is Cc1cc(-c2ccc(Cl)cc2Cl)ccc1C1=Cc2ccccc2[CH]1[Zr+2].[Cl-].[Cl-]. The Morgan fingerprint density at radius 3 is 2.22 bits per heavy atom. The molecule has 1 aliphatic carbocycles. The van der Waals surface area contributed by atoms with Crippen molar-refractivity contribution in [3.63, 3.8) is 0 Å². The van der Waals surface area contributed by atoms with E-state index < -0.39 is 0 Å². The van der Waals surface area contributed by atoms with Crippen molar-refractivity contribution in [2.24, 2.45) is 0 Å². The molecule has 27 heavy (non-hydrogen) atoms. The molecule has 0 spiro atoms. The Kier molecular flexibility index (Phi) is 7.82. The third-order valence-electron chi connectivity index (χ3n) is 4.71. The van der Waals surface area contributed by atoms with Crippen molar-refractivity contribution in [1.82, 2.24) is 0 Å². The monoisotopic (exact) mass is 509 g/mol. The van der Waals surface area contributed by atoms with Crippen LogP contribution in [-0.2, 0) is 24.7 Å². The zero-order chi connectivity index (χ0) is 17.6. The molecule has 135 valence electrons. The molecule has 0 saturated heterocycles. The van der Waals surface area contributed by atoms with Crippen LogP contribution in [0.3, 0.4) is 0 Å². The molecule has 0 nitrogen and oxygen atoms in total. The summed E-state index contributed by atoms with van der Waals surface area (Å²) in [6.07, 6.45) is 2.34. The van der Waals surface area contributed by atoms with Gasteiger partial charge in [0.25, 0.3) is 0 Å². The predicted molar refractivity (Wildman–Crippen MR) is 104 cm³/mol. The van der Waals surface area contributed by atoms with Crippen molar-refractivity contribution in [3.05, 3.63) is 93.0 Å². The van der Waals surface area contributed by atoms with E-state index in [1.54, 1.807) is 6.07 Å². The maximum absolute atomic E-state index is 6.38. The zero-order valence-electron chi connectivity index (χ0n) is 14.4. The maximum atomic E-state index is 6.38. The van der Waals surface area contributed by atoms with Crippen LogP contribution in [0.15, 0.2) is 60.7 Å². The molecule has 0 N–H and O–H groups in total. The summed E-state index contributed by atoms with van der Waals surface area (Å²) in [6, 6.07) is 21.0. The number of allylic oxidation sites excluding steroid dienone is 1. The number of hydrogen-bond donors (Lipinski definition) is 0. The van der Waals surface area contributed by atoms with E-state index in [1.165, 1.54) is 52.5 Å². The van der Waals surface area contributed by atoms with Crippen LogP contribution < -0.4 is 24.8 Å². The van der Waals surface area contributed by atoms with Crippen LogP contribution in [0.4, 0.5) is 0 Å². The number of aryl methyl sites for hydroxylation is 1. The van der Waals surface area contributed by atoms with E-state index in [0.29, 0.717) is 13.7 Å². The number of benzene rings is 3. The van der Waals surface area contributed by atoms with E-state index in [0.717, 1.165) is 11.1 Å². The fourth-order valence-electron chi connectivity index (χ4n) is 3.44. The van der Waals surface area contributed by atoms with Gasteiger partial charge in [0.2, 0.25) is 0 Å². The summed E-state index contributed by atoms with van der Waals surface area (Å²) >= 11 is 13.9. The largest absolute Gasteiger partial charge is 1.00 e. The van der Waals surface area contributed by atoms with Crippen LogP contribution in [0.1, 0.15) is 25.9 Å². The molecule has 1 aliphatic rings. The molecule has 1 unspecified atom stereocenters. The minimum atomic E-state index is 0. The third-order valence-corrected chi connectivity index (χ3v) is 6.79. The van der Waals surface area contributed by atoms with Crippen molar-refractivity contribution < 1.29 is 49.5 Å². The summed E-state index contributed by atoms with van der Waals surface area (Å²) in [5, 5.41) is 1.35. The summed E-state index contributed by atoms with van der Waals surface area (Å²) in [4.78, 5) is 0. The van der Waals surface area contributed by atoms with Gasteiger partial charge >= 0.3 is 174 Å². The van der Waals surface area contributed by atoms with Crippen molar-refractivity contribution in [1.29, 1.82) is 0 Å². The zero-order valence-corrected chi connectivity index (χ0v) is 19.9. The fraction of sp³-hybridized carbons (Fsp3) is 0.0909. The van der Waals surface area contributed by atoms with Gasteiger partial charge in [-0.25, -0.2) is 0 Å². The number of halogens is 4. The molecule has 5 heteroatoms. The van der Waals surface area contributed by atoms with Gasteiger partial charge in [-0.2, -0.15) is 0 Å². The van der Waals surface area contributed by atoms with Gasteiger partial charge < -0.3 is 24.8 Å². The van der Waals surface area contributed by atoms with Gasteiger partial charge in [0, 0.05) is 0 Å². The van der Waals surface area contributed by atoms with Gasteiger partial charge in [0.1, 0.15) is 0 Å². The molecule has 0 amide bonds. The topological polar surface area (TPSA) is 0 Å². The molecule has 3 aromatic carbocycles. The summed E-state index contributed by atoms with van der Waals surface area (Å²) in [5.74, 6) is 0. The van der Waals surface area contributed by atoms with E-state index in [4.69, 9.17) is 23.2 Å². The van der Waals surface area contributed by atoms with Crippen LogP contribution in [-0.4, -0.2) is 0 Å². The second-order valence-corrected chi connectivity index (χ2v) is 8.58. The van der Waals surface area contributed by atoms with Gasteiger partial charge in [-0.05, 0) is 0 Å². The number of hydrogen-bond acceptors (Lipinski definition) is 0. The van der Waals surface area contributed by atoms with Crippen LogP contribution in [0.5, 0.6) is 0 Å². The molecule has 0 fully saturated rings. The molecule has 4 rings (SSSR count). The second-order valence-electron chi connectivity index (χ2n) is 6.32. The molecule has 0 bridgehead atoms. The summed E-state index contributed by atoms with van der Waals surface area (Å²) in [5.41, 5.74) is 8.96. The Morgan fingerprint density at radius 1 is 0.852 bits per heavy atom. The molecule has 0 radical (unpaired) electrons. The molecular formula is C22H15Cl4Zr. The first-order valence-electron chi connectivity index (χ1n) is 8.12. The molecule has 1 atom stereocenters. The van der Waals surface area contributed by atoms with Crippen LogP contribution in [0, 0.1) is 6.92 Å². The summed E-state index contributed by atoms with van der Waals surface area (Å²) in [7, 11) is 0. The minimum Gasteiger partial charge on any atom is -1.00 e. The Morgan fingerprint density at radius 2 is 1.56 bits per heavy atom. The minimum absolute atomic E-state index is 0. The van der Waals surface area contributed by atoms with Gasteiger partial charge in [0.15, 0.2) is 0 Å². The molecular weight excluding hydrogens is 497 g/mol. The number of fused-ring (bicyclic) bond motifs is 1. The Bertz CT molecular complexity index is 1010. The Hall–Kier alpha value is -0.557. The van der Waals surface area contributed by atoms with Crippen molar-refractivity contribution in [2.45, 2.75) is 10.5 Å². The van der Waals surface area contributed by atoms with Gasteiger partial charge in [-0.1, -0.05) is 0 Å².